The highest BCUT2D eigenvalue weighted by Gasteiger charge is 2.10. The molecule has 0 radical (unpaired) electrons. The summed E-state index contributed by atoms with van der Waals surface area (Å²) in [5.74, 6) is -1.36. The number of hydrogen-bond donors (Lipinski definition) is 0. The summed E-state index contributed by atoms with van der Waals surface area (Å²) in [5, 5.41) is 7.95. The molecule has 12 heavy (non-hydrogen) atoms. The van der Waals surface area contributed by atoms with E-state index >= 15 is 0 Å². The van der Waals surface area contributed by atoms with E-state index in [1.54, 1.807) is 6.07 Å². The lowest BCUT2D eigenvalue weighted by Crippen LogP contribution is -1.92. The highest BCUT2D eigenvalue weighted by molar-refractivity contribution is 6.31. The maximum Gasteiger partial charge on any atom is 0.142 e. The van der Waals surface area contributed by atoms with Crippen molar-refractivity contribution in [2.24, 2.45) is 0 Å². The number of benzene rings is 1. The number of nitriles is 1. The molecule has 1 rings (SSSR count). The molecule has 0 atom stereocenters. The van der Waals surface area contributed by atoms with Crippen LogP contribution in [0.5, 0.6) is 0 Å². The van der Waals surface area contributed by atoms with Crippen molar-refractivity contribution in [1.29, 1.82) is 5.26 Å². The van der Waals surface area contributed by atoms with Gasteiger partial charge < -0.3 is 0 Å². The van der Waals surface area contributed by atoms with Gasteiger partial charge in [0.05, 0.1) is 17.5 Å². The Bertz CT molecular complexity index is 344. The van der Waals surface area contributed by atoms with Crippen LogP contribution in [0.25, 0.3) is 0 Å². The molecule has 0 amide bonds. The average Bonchev–Trinajstić information content (AvgIpc) is 2.06. The van der Waals surface area contributed by atoms with Gasteiger partial charge >= 0.3 is 0 Å². The number of halogens is 3. The second kappa shape index (κ2) is 3.51. The van der Waals surface area contributed by atoms with Crippen molar-refractivity contribution in [2.75, 3.05) is 0 Å². The first-order chi connectivity index (χ1) is 5.66. The minimum Gasteiger partial charge on any atom is -0.207 e. The van der Waals surface area contributed by atoms with E-state index in [2.05, 4.69) is 0 Å². The predicted octanol–water partition coefficient (Wildman–Crippen LogP) is 2.68. The summed E-state index contributed by atoms with van der Waals surface area (Å²) in [5.41, 5.74) is -0.0841. The van der Waals surface area contributed by atoms with E-state index in [9.17, 15) is 8.78 Å². The maximum atomic E-state index is 12.8. The monoisotopic (exact) mass is 187 g/mol. The third-order valence-corrected chi connectivity index (χ3v) is 1.80. The van der Waals surface area contributed by atoms with Gasteiger partial charge in [0.1, 0.15) is 11.6 Å². The predicted molar refractivity (Wildman–Crippen MR) is 40.7 cm³/mol. The van der Waals surface area contributed by atoms with Crippen LogP contribution < -0.4 is 0 Å². The molecule has 0 aromatic heterocycles. The Morgan fingerprint density at radius 2 is 1.92 bits per heavy atom. The van der Waals surface area contributed by atoms with Gasteiger partial charge in [-0.05, 0) is 12.1 Å². The van der Waals surface area contributed by atoms with E-state index in [0.717, 1.165) is 12.1 Å². The van der Waals surface area contributed by atoms with Gasteiger partial charge in [-0.15, -0.1) is 0 Å². The summed E-state index contributed by atoms with van der Waals surface area (Å²) in [6, 6.07) is 3.58. The van der Waals surface area contributed by atoms with Crippen molar-refractivity contribution in [1.82, 2.24) is 0 Å². The van der Waals surface area contributed by atoms with E-state index in [1.165, 1.54) is 0 Å². The molecule has 1 nitrogen and oxygen atoms in total. The third-order valence-electron chi connectivity index (χ3n) is 1.39. The minimum atomic E-state index is -0.705. The Hall–Kier alpha value is -1.14. The zero-order valence-electron chi connectivity index (χ0n) is 5.94. The van der Waals surface area contributed by atoms with E-state index in [0.29, 0.717) is 0 Å². The molecule has 0 spiro atoms. The van der Waals surface area contributed by atoms with Crippen molar-refractivity contribution in [3.8, 4) is 6.07 Å². The fraction of sp³-hybridized carbons (Fsp3) is 0.125. The van der Waals surface area contributed by atoms with E-state index in [4.69, 9.17) is 16.9 Å². The molecule has 0 fully saturated rings. The van der Waals surface area contributed by atoms with Crippen LogP contribution in [-0.4, -0.2) is 0 Å². The van der Waals surface area contributed by atoms with Crippen molar-refractivity contribution in [3.63, 3.8) is 0 Å². The molecule has 0 aliphatic rings. The van der Waals surface area contributed by atoms with Crippen molar-refractivity contribution < 1.29 is 8.78 Å². The van der Waals surface area contributed by atoms with Gasteiger partial charge in [0, 0.05) is 5.56 Å². The van der Waals surface area contributed by atoms with E-state index in [-0.39, 0.29) is 17.0 Å². The third kappa shape index (κ3) is 1.54. The van der Waals surface area contributed by atoms with Gasteiger partial charge in [-0.2, -0.15) is 5.26 Å². The van der Waals surface area contributed by atoms with Gasteiger partial charge in [0.2, 0.25) is 0 Å². The highest BCUT2D eigenvalue weighted by Crippen LogP contribution is 2.22. The first-order valence-electron chi connectivity index (χ1n) is 3.16. The van der Waals surface area contributed by atoms with Crippen molar-refractivity contribution in [3.05, 3.63) is 34.4 Å². The topological polar surface area (TPSA) is 23.8 Å². The number of hydrogen-bond acceptors (Lipinski definition) is 1. The summed E-state index contributed by atoms with van der Waals surface area (Å²) in [4.78, 5) is 0. The van der Waals surface area contributed by atoms with Crippen LogP contribution in [0.1, 0.15) is 5.56 Å². The molecular formula is C8H4ClF2N. The van der Waals surface area contributed by atoms with Gasteiger partial charge in [-0.25, -0.2) is 8.78 Å². The van der Waals surface area contributed by atoms with Gasteiger partial charge in [-0.3, -0.25) is 0 Å². The normalized spacial score (nSPS) is 9.50. The summed E-state index contributed by atoms with van der Waals surface area (Å²) in [7, 11) is 0. The largest absolute Gasteiger partial charge is 0.207 e. The van der Waals surface area contributed by atoms with Crippen LogP contribution in [0.4, 0.5) is 8.78 Å². The van der Waals surface area contributed by atoms with E-state index < -0.39 is 11.6 Å². The minimum absolute atomic E-state index is 0.0841. The Morgan fingerprint density at radius 3 is 2.50 bits per heavy atom. The van der Waals surface area contributed by atoms with Gasteiger partial charge in [-0.1, -0.05) is 11.6 Å². The smallest absolute Gasteiger partial charge is 0.142 e. The van der Waals surface area contributed by atoms with Crippen LogP contribution in [0.3, 0.4) is 0 Å². The van der Waals surface area contributed by atoms with E-state index in [1.807, 2.05) is 0 Å². The molecule has 0 aliphatic heterocycles. The molecule has 0 N–H and O–H groups in total. The molecule has 62 valence electrons. The van der Waals surface area contributed by atoms with Crippen LogP contribution in [0.2, 0.25) is 5.02 Å². The van der Waals surface area contributed by atoms with Crippen LogP contribution >= 0.6 is 11.6 Å². The fourth-order valence-electron chi connectivity index (χ4n) is 0.810. The molecule has 0 saturated heterocycles. The zero-order valence-corrected chi connectivity index (χ0v) is 6.70. The molecule has 4 heteroatoms. The van der Waals surface area contributed by atoms with Gasteiger partial charge in [0.25, 0.3) is 0 Å². The molecule has 1 aromatic carbocycles. The molecule has 0 saturated carbocycles. The Morgan fingerprint density at radius 1 is 1.33 bits per heavy atom. The second-order valence-corrected chi connectivity index (χ2v) is 2.53. The Kier molecular flexibility index (Phi) is 2.61. The number of rotatable bonds is 1. The van der Waals surface area contributed by atoms with Crippen molar-refractivity contribution >= 4 is 11.6 Å². The standard InChI is InChI=1S/C8H4ClF2N/c9-8-5(3-4-12)6(10)1-2-7(8)11/h1-2H,3H2. The molecule has 0 bridgehead atoms. The lowest BCUT2D eigenvalue weighted by Gasteiger charge is -2.01. The van der Waals surface area contributed by atoms with Crippen molar-refractivity contribution in [2.45, 2.75) is 6.42 Å². The maximum absolute atomic E-state index is 12.8. The van der Waals surface area contributed by atoms with Crippen LogP contribution in [0, 0.1) is 23.0 Å². The summed E-state index contributed by atoms with van der Waals surface area (Å²) in [6.07, 6.45) is -0.220. The van der Waals surface area contributed by atoms with Gasteiger partial charge in [0.15, 0.2) is 0 Å². The number of nitrogens with zero attached hydrogens (tertiary/aromatic N) is 1. The molecule has 0 heterocycles. The first kappa shape index (κ1) is 8.95. The average molecular weight is 188 g/mol. The second-order valence-electron chi connectivity index (χ2n) is 2.16. The highest BCUT2D eigenvalue weighted by atomic mass is 35.5. The summed E-state index contributed by atoms with van der Waals surface area (Å²) >= 11 is 5.41. The molecule has 0 aliphatic carbocycles. The lowest BCUT2D eigenvalue weighted by molar-refractivity contribution is 0.590. The molecule has 0 unspecified atom stereocenters. The zero-order chi connectivity index (χ0) is 9.14. The lowest BCUT2D eigenvalue weighted by atomic mass is 10.1. The molecule has 1 aromatic rings. The Balaban J connectivity index is 3.25. The Labute approximate surface area is 73.2 Å². The van der Waals surface area contributed by atoms with Crippen LogP contribution in [-0.2, 0) is 6.42 Å². The molecular weight excluding hydrogens is 184 g/mol. The van der Waals surface area contributed by atoms with Crippen LogP contribution in [0.15, 0.2) is 12.1 Å². The summed E-state index contributed by atoms with van der Waals surface area (Å²) in [6.45, 7) is 0. The summed E-state index contributed by atoms with van der Waals surface area (Å²) < 4.78 is 25.5. The SMILES string of the molecule is N#CCc1c(F)ccc(F)c1Cl. The first-order valence-corrected chi connectivity index (χ1v) is 3.54. The quantitative estimate of drug-likeness (QED) is 0.620. The fourth-order valence-corrected chi connectivity index (χ4v) is 1.03.